The van der Waals surface area contributed by atoms with Crippen molar-refractivity contribution in [2.45, 2.75) is 11.0 Å². The lowest BCUT2D eigenvalue weighted by molar-refractivity contribution is 0.177. The van der Waals surface area contributed by atoms with Gasteiger partial charge in [-0.2, -0.15) is 0 Å². The van der Waals surface area contributed by atoms with Crippen LogP contribution in [0.4, 0.5) is 0 Å². The molecule has 0 aliphatic heterocycles. The summed E-state index contributed by atoms with van der Waals surface area (Å²) in [7, 11) is -0.250. The fraction of sp³-hybridized carbons (Fsp3) is 0.455. The second-order valence-electron chi connectivity index (χ2n) is 3.76. The molecule has 0 saturated heterocycles. The third-order valence-electron chi connectivity index (χ3n) is 2.37. The van der Waals surface area contributed by atoms with E-state index in [0.717, 1.165) is 6.26 Å². The predicted molar refractivity (Wildman–Crippen MR) is 65.0 cm³/mol. The number of benzene rings is 1. The molecular formula is C11H17NO4S. The van der Waals surface area contributed by atoms with Gasteiger partial charge in [0, 0.05) is 12.8 Å². The molecule has 0 bridgehead atoms. The van der Waals surface area contributed by atoms with Crippen LogP contribution in [0.15, 0.2) is 23.1 Å². The Kier molecular flexibility index (Phi) is 4.50. The molecule has 1 unspecified atom stereocenters. The van der Waals surface area contributed by atoms with E-state index < -0.39 is 15.9 Å². The van der Waals surface area contributed by atoms with Gasteiger partial charge in [0.2, 0.25) is 0 Å². The molecule has 1 atom stereocenters. The van der Waals surface area contributed by atoms with Crippen LogP contribution in [-0.4, -0.2) is 40.5 Å². The molecule has 0 fully saturated rings. The third kappa shape index (κ3) is 3.42. The summed E-state index contributed by atoms with van der Waals surface area (Å²) < 4.78 is 28.1. The number of aliphatic hydroxyl groups excluding tert-OH is 1. The van der Waals surface area contributed by atoms with Crippen LogP contribution in [0.3, 0.4) is 0 Å². The zero-order valence-electron chi connectivity index (χ0n) is 10.1. The van der Waals surface area contributed by atoms with E-state index in [1.165, 1.54) is 13.2 Å². The Hall–Kier alpha value is -1.11. The maximum atomic E-state index is 11.6. The number of aliphatic hydroxyl groups is 1. The minimum absolute atomic E-state index is 0.0904. The second kappa shape index (κ2) is 5.48. The number of hydrogen-bond donors (Lipinski definition) is 2. The molecule has 1 aromatic carbocycles. The first-order valence-electron chi connectivity index (χ1n) is 5.10. The van der Waals surface area contributed by atoms with Crippen LogP contribution in [0.5, 0.6) is 5.75 Å². The van der Waals surface area contributed by atoms with E-state index in [2.05, 4.69) is 5.32 Å². The second-order valence-corrected chi connectivity index (χ2v) is 5.74. The Morgan fingerprint density at radius 3 is 2.59 bits per heavy atom. The molecule has 17 heavy (non-hydrogen) atoms. The Labute approximate surface area is 101 Å². The fourth-order valence-electron chi connectivity index (χ4n) is 1.50. The summed E-state index contributed by atoms with van der Waals surface area (Å²) >= 11 is 0. The van der Waals surface area contributed by atoms with E-state index in [-0.39, 0.29) is 10.6 Å². The van der Waals surface area contributed by atoms with Crippen LogP contribution in [-0.2, 0) is 9.84 Å². The van der Waals surface area contributed by atoms with Gasteiger partial charge in [0.25, 0.3) is 0 Å². The molecule has 5 nitrogen and oxygen atoms in total. The van der Waals surface area contributed by atoms with E-state index in [4.69, 9.17) is 4.74 Å². The summed E-state index contributed by atoms with van der Waals surface area (Å²) in [6, 6.07) is 4.64. The maximum Gasteiger partial charge on any atom is 0.179 e. The summed E-state index contributed by atoms with van der Waals surface area (Å²) in [6.45, 7) is 0.357. The Bertz CT molecular complexity index is 484. The highest BCUT2D eigenvalue weighted by atomic mass is 32.2. The monoisotopic (exact) mass is 259 g/mol. The lowest BCUT2D eigenvalue weighted by atomic mass is 10.1. The van der Waals surface area contributed by atoms with Crippen LogP contribution in [0.1, 0.15) is 11.7 Å². The minimum atomic E-state index is -3.37. The first-order chi connectivity index (χ1) is 7.90. The third-order valence-corrected chi connectivity index (χ3v) is 3.49. The van der Waals surface area contributed by atoms with Crippen molar-refractivity contribution in [2.75, 3.05) is 27.0 Å². The Morgan fingerprint density at radius 2 is 2.12 bits per heavy atom. The summed E-state index contributed by atoms with van der Waals surface area (Å²) in [6.07, 6.45) is 0.366. The largest absolute Gasteiger partial charge is 0.495 e. The number of methoxy groups -OCH3 is 1. The first-order valence-corrected chi connectivity index (χ1v) is 7.00. The molecule has 1 aromatic rings. The van der Waals surface area contributed by atoms with Gasteiger partial charge in [-0.1, -0.05) is 6.07 Å². The van der Waals surface area contributed by atoms with Gasteiger partial charge in [-0.05, 0) is 24.7 Å². The molecule has 0 aliphatic rings. The Morgan fingerprint density at radius 1 is 1.47 bits per heavy atom. The fourth-order valence-corrected chi connectivity index (χ4v) is 2.37. The molecule has 0 aromatic heterocycles. The maximum absolute atomic E-state index is 11.6. The van der Waals surface area contributed by atoms with Crippen molar-refractivity contribution in [3.8, 4) is 5.75 Å². The van der Waals surface area contributed by atoms with Crippen molar-refractivity contribution in [1.82, 2.24) is 5.32 Å². The minimum Gasteiger partial charge on any atom is -0.495 e. The number of rotatable bonds is 5. The molecule has 0 spiro atoms. The quantitative estimate of drug-likeness (QED) is 0.798. The molecule has 0 aliphatic carbocycles. The molecule has 0 heterocycles. The highest BCUT2D eigenvalue weighted by Gasteiger charge is 2.17. The number of hydrogen-bond acceptors (Lipinski definition) is 5. The summed E-state index contributed by atoms with van der Waals surface area (Å²) in [5, 5.41) is 12.6. The van der Waals surface area contributed by atoms with E-state index in [1.54, 1.807) is 19.2 Å². The number of likely N-dealkylation sites (N-methyl/N-ethyl adjacent to an activating group) is 1. The predicted octanol–water partition coefficient (Wildman–Crippen LogP) is 0.352. The van der Waals surface area contributed by atoms with Gasteiger partial charge < -0.3 is 15.2 Å². The molecule has 96 valence electrons. The van der Waals surface area contributed by atoms with Crippen molar-refractivity contribution in [1.29, 1.82) is 0 Å². The van der Waals surface area contributed by atoms with E-state index in [1.807, 2.05) is 0 Å². The van der Waals surface area contributed by atoms with Crippen molar-refractivity contribution in [2.24, 2.45) is 0 Å². The van der Waals surface area contributed by atoms with Gasteiger partial charge in [0.05, 0.1) is 13.2 Å². The van der Waals surface area contributed by atoms with Crippen LogP contribution in [0.2, 0.25) is 0 Å². The van der Waals surface area contributed by atoms with Gasteiger partial charge in [-0.25, -0.2) is 8.42 Å². The van der Waals surface area contributed by atoms with Crippen LogP contribution in [0, 0.1) is 0 Å². The molecular weight excluding hydrogens is 242 g/mol. The smallest absolute Gasteiger partial charge is 0.179 e. The van der Waals surface area contributed by atoms with Crippen molar-refractivity contribution >= 4 is 9.84 Å². The Balaban J connectivity index is 3.23. The first kappa shape index (κ1) is 14.0. The van der Waals surface area contributed by atoms with Gasteiger partial charge >= 0.3 is 0 Å². The highest BCUT2D eigenvalue weighted by Crippen LogP contribution is 2.27. The van der Waals surface area contributed by atoms with E-state index in [0.29, 0.717) is 12.1 Å². The zero-order valence-corrected chi connectivity index (χ0v) is 10.9. The van der Waals surface area contributed by atoms with Gasteiger partial charge in [0.1, 0.15) is 10.6 Å². The zero-order chi connectivity index (χ0) is 13.1. The topological polar surface area (TPSA) is 75.6 Å². The standard InChI is InChI=1S/C11H17NO4S/c1-12-7-9(13)8-4-5-10(16-2)11(6-8)17(3,14)15/h4-6,9,12-13H,7H2,1-3H3. The van der Waals surface area contributed by atoms with Crippen LogP contribution in [0.25, 0.3) is 0 Å². The van der Waals surface area contributed by atoms with E-state index >= 15 is 0 Å². The van der Waals surface area contributed by atoms with Gasteiger partial charge in [-0.3, -0.25) is 0 Å². The number of sulfone groups is 1. The molecule has 2 N–H and O–H groups in total. The molecule has 1 rings (SSSR count). The van der Waals surface area contributed by atoms with Crippen molar-refractivity contribution in [3.05, 3.63) is 23.8 Å². The lowest BCUT2D eigenvalue weighted by Crippen LogP contribution is -2.17. The molecule has 6 heteroatoms. The average Bonchev–Trinajstić information content (AvgIpc) is 2.27. The normalized spacial score (nSPS) is 13.4. The van der Waals surface area contributed by atoms with Gasteiger partial charge in [-0.15, -0.1) is 0 Å². The summed E-state index contributed by atoms with van der Waals surface area (Å²) in [4.78, 5) is 0.0904. The molecule has 0 radical (unpaired) electrons. The van der Waals surface area contributed by atoms with Crippen molar-refractivity contribution < 1.29 is 18.3 Å². The summed E-state index contributed by atoms with van der Waals surface area (Å²) in [5.41, 5.74) is 0.542. The lowest BCUT2D eigenvalue weighted by Gasteiger charge is -2.13. The van der Waals surface area contributed by atoms with E-state index in [9.17, 15) is 13.5 Å². The average molecular weight is 259 g/mol. The van der Waals surface area contributed by atoms with Crippen molar-refractivity contribution in [3.63, 3.8) is 0 Å². The SMILES string of the molecule is CNCC(O)c1ccc(OC)c(S(C)(=O)=O)c1. The number of ether oxygens (including phenoxy) is 1. The van der Waals surface area contributed by atoms with Gasteiger partial charge in [0.15, 0.2) is 9.84 Å². The molecule has 0 amide bonds. The summed E-state index contributed by atoms with van der Waals surface area (Å²) in [5.74, 6) is 0.285. The number of nitrogens with one attached hydrogen (secondary N) is 1. The molecule has 0 saturated carbocycles. The van der Waals surface area contributed by atoms with Crippen LogP contribution < -0.4 is 10.1 Å². The van der Waals surface area contributed by atoms with Crippen LogP contribution >= 0.6 is 0 Å². The highest BCUT2D eigenvalue weighted by molar-refractivity contribution is 7.90.